The smallest absolute Gasteiger partial charge is 0.341 e. The van der Waals surface area contributed by atoms with Crippen molar-refractivity contribution in [1.82, 2.24) is 5.32 Å². The minimum Gasteiger partial charge on any atom is -0.462 e. The number of carbonyl (C=O) groups is 3. The summed E-state index contributed by atoms with van der Waals surface area (Å²) in [6.45, 7) is 5.49. The second kappa shape index (κ2) is 7.78. The molecule has 7 heteroatoms. The van der Waals surface area contributed by atoms with Gasteiger partial charge >= 0.3 is 5.97 Å². The number of nitrogens with one attached hydrogen (secondary N) is 2. The molecule has 0 saturated heterocycles. The third kappa shape index (κ3) is 4.04. The monoisotopic (exact) mass is 312 g/mol. The lowest BCUT2D eigenvalue weighted by molar-refractivity contribution is -0.116. The molecule has 0 spiro atoms. The molecule has 2 N–H and O–H groups in total. The Labute approximate surface area is 127 Å². The molecule has 1 heterocycles. The second-order valence-corrected chi connectivity index (χ2v) is 5.38. The summed E-state index contributed by atoms with van der Waals surface area (Å²) in [5.74, 6) is -1.01. The summed E-state index contributed by atoms with van der Waals surface area (Å²) < 4.78 is 5.00. The lowest BCUT2D eigenvalue weighted by atomic mass is 10.1. The van der Waals surface area contributed by atoms with E-state index in [4.69, 9.17) is 4.74 Å². The van der Waals surface area contributed by atoms with Gasteiger partial charge in [0, 0.05) is 13.5 Å². The predicted molar refractivity (Wildman–Crippen MR) is 81.9 cm³/mol. The molecular weight excluding hydrogens is 292 g/mol. The molecule has 0 aliphatic rings. The highest BCUT2D eigenvalue weighted by atomic mass is 32.1. The molecule has 0 aromatic carbocycles. The molecule has 1 rings (SSSR count). The highest BCUT2D eigenvalue weighted by Crippen LogP contribution is 2.33. The zero-order chi connectivity index (χ0) is 16.0. The Morgan fingerprint density at radius 3 is 2.43 bits per heavy atom. The van der Waals surface area contributed by atoms with Gasteiger partial charge in [0.25, 0.3) is 5.91 Å². The molecule has 0 radical (unpaired) electrons. The Hall–Kier alpha value is -1.89. The number of hydrogen-bond acceptors (Lipinski definition) is 5. The van der Waals surface area contributed by atoms with Crippen LogP contribution in [0.2, 0.25) is 0 Å². The van der Waals surface area contributed by atoms with Crippen molar-refractivity contribution in [3.05, 3.63) is 16.0 Å². The van der Waals surface area contributed by atoms with E-state index in [1.54, 1.807) is 13.8 Å². The topological polar surface area (TPSA) is 84.5 Å². The van der Waals surface area contributed by atoms with Crippen molar-refractivity contribution < 1.29 is 19.1 Å². The summed E-state index contributed by atoms with van der Waals surface area (Å²) in [5.41, 5.74) is 0.773. The number of ether oxygens (including phenoxy) is 1. The molecule has 21 heavy (non-hydrogen) atoms. The van der Waals surface area contributed by atoms with E-state index in [2.05, 4.69) is 10.6 Å². The summed E-state index contributed by atoms with van der Waals surface area (Å²) in [4.78, 5) is 36.0. The highest BCUT2D eigenvalue weighted by Gasteiger charge is 2.25. The molecule has 2 amide bonds. The number of amides is 2. The van der Waals surface area contributed by atoms with Crippen molar-refractivity contribution in [2.24, 2.45) is 0 Å². The van der Waals surface area contributed by atoms with Crippen LogP contribution in [-0.2, 0) is 9.53 Å². The highest BCUT2D eigenvalue weighted by molar-refractivity contribution is 7.18. The third-order valence-corrected chi connectivity index (χ3v) is 4.00. The molecule has 1 aromatic heterocycles. The third-order valence-electron chi connectivity index (χ3n) is 2.79. The Bertz CT molecular complexity index is 551. The maximum Gasteiger partial charge on any atom is 0.341 e. The zero-order valence-corrected chi connectivity index (χ0v) is 13.5. The van der Waals surface area contributed by atoms with Crippen LogP contribution in [0, 0.1) is 6.92 Å². The van der Waals surface area contributed by atoms with E-state index in [1.165, 1.54) is 7.05 Å². The minimum atomic E-state index is -0.534. The van der Waals surface area contributed by atoms with Crippen molar-refractivity contribution >= 4 is 34.1 Å². The largest absolute Gasteiger partial charge is 0.462 e. The molecule has 0 bridgehead atoms. The van der Waals surface area contributed by atoms with Crippen LogP contribution in [0.3, 0.4) is 0 Å². The van der Waals surface area contributed by atoms with Gasteiger partial charge in [-0.15, -0.1) is 11.3 Å². The van der Waals surface area contributed by atoms with Crippen LogP contribution in [0.25, 0.3) is 0 Å². The number of carbonyl (C=O) groups excluding carboxylic acids is 3. The fourth-order valence-corrected chi connectivity index (χ4v) is 2.95. The van der Waals surface area contributed by atoms with Gasteiger partial charge in [0.05, 0.1) is 17.0 Å². The van der Waals surface area contributed by atoms with Crippen molar-refractivity contribution in [2.75, 3.05) is 19.0 Å². The number of anilines is 1. The van der Waals surface area contributed by atoms with Crippen molar-refractivity contribution in [2.45, 2.75) is 33.6 Å². The quantitative estimate of drug-likeness (QED) is 0.790. The van der Waals surface area contributed by atoms with Gasteiger partial charge < -0.3 is 15.4 Å². The summed E-state index contributed by atoms with van der Waals surface area (Å²) >= 11 is 1.08. The summed E-state index contributed by atoms with van der Waals surface area (Å²) in [6.07, 6.45) is 1.06. The minimum absolute atomic E-state index is 0.187. The van der Waals surface area contributed by atoms with E-state index < -0.39 is 5.97 Å². The molecule has 0 aliphatic heterocycles. The first-order valence-corrected chi connectivity index (χ1v) is 7.60. The number of rotatable bonds is 6. The summed E-state index contributed by atoms with van der Waals surface area (Å²) in [5, 5.41) is 5.57. The van der Waals surface area contributed by atoms with E-state index in [9.17, 15) is 14.4 Å². The van der Waals surface area contributed by atoms with Crippen molar-refractivity contribution in [3.8, 4) is 0 Å². The van der Waals surface area contributed by atoms with Gasteiger partial charge in [0.2, 0.25) is 5.91 Å². The average Bonchev–Trinajstić information content (AvgIpc) is 2.75. The van der Waals surface area contributed by atoms with E-state index in [0.29, 0.717) is 28.3 Å². The van der Waals surface area contributed by atoms with Crippen LogP contribution in [-0.4, -0.2) is 31.4 Å². The van der Waals surface area contributed by atoms with Crippen LogP contribution in [0.15, 0.2) is 0 Å². The Morgan fingerprint density at radius 2 is 1.90 bits per heavy atom. The normalized spacial score (nSPS) is 10.1. The number of hydrogen-bond donors (Lipinski definition) is 2. The first kappa shape index (κ1) is 17.2. The maximum atomic E-state index is 12.1. The van der Waals surface area contributed by atoms with Crippen LogP contribution < -0.4 is 10.6 Å². The number of esters is 1. The molecule has 0 unspecified atom stereocenters. The molecule has 0 aliphatic carbocycles. The van der Waals surface area contributed by atoms with Crippen LogP contribution >= 0.6 is 11.3 Å². The summed E-state index contributed by atoms with van der Waals surface area (Å²) in [6, 6.07) is 0. The van der Waals surface area contributed by atoms with Gasteiger partial charge in [-0.3, -0.25) is 9.59 Å². The van der Waals surface area contributed by atoms with Crippen molar-refractivity contribution in [3.63, 3.8) is 0 Å². The van der Waals surface area contributed by atoms with Crippen LogP contribution in [0.5, 0.6) is 0 Å². The van der Waals surface area contributed by atoms with Crippen molar-refractivity contribution in [1.29, 1.82) is 0 Å². The molecule has 0 fully saturated rings. The van der Waals surface area contributed by atoms with Gasteiger partial charge in [-0.05, 0) is 25.8 Å². The van der Waals surface area contributed by atoms with E-state index in [0.717, 1.165) is 11.3 Å². The SMILES string of the molecule is CCCC(=O)Nc1sc(C(=O)NC)c(C)c1C(=O)OCC. The van der Waals surface area contributed by atoms with Gasteiger partial charge in [0.1, 0.15) is 5.00 Å². The van der Waals surface area contributed by atoms with Gasteiger partial charge in [-0.2, -0.15) is 0 Å². The predicted octanol–water partition coefficient (Wildman–Crippen LogP) is 2.33. The average molecular weight is 312 g/mol. The second-order valence-electron chi connectivity index (χ2n) is 4.36. The molecule has 0 atom stereocenters. The first-order chi connectivity index (χ1) is 9.96. The van der Waals surface area contributed by atoms with Crippen LogP contribution in [0.4, 0.5) is 5.00 Å². The fourth-order valence-electron chi connectivity index (χ4n) is 1.80. The van der Waals surface area contributed by atoms with Gasteiger partial charge in [-0.25, -0.2) is 4.79 Å². The molecule has 6 nitrogen and oxygen atoms in total. The fraction of sp³-hybridized carbons (Fsp3) is 0.500. The maximum absolute atomic E-state index is 12.1. The lowest BCUT2D eigenvalue weighted by Gasteiger charge is -2.06. The molecule has 0 saturated carbocycles. The first-order valence-electron chi connectivity index (χ1n) is 6.78. The number of thiophene rings is 1. The Morgan fingerprint density at radius 1 is 1.24 bits per heavy atom. The standard InChI is InChI=1S/C14H20N2O4S/c1-5-7-9(17)16-13-10(14(19)20-6-2)8(3)11(21-13)12(18)15-4/h5-7H2,1-4H3,(H,15,18)(H,16,17). The summed E-state index contributed by atoms with van der Waals surface area (Å²) in [7, 11) is 1.51. The van der Waals surface area contributed by atoms with E-state index >= 15 is 0 Å². The molecular formula is C14H20N2O4S. The zero-order valence-electron chi connectivity index (χ0n) is 12.7. The Kier molecular flexibility index (Phi) is 6.36. The molecule has 116 valence electrons. The van der Waals surface area contributed by atoms with Crippen LogP contribution in [0.1, 0.15) is 52.3 Å². The Balaban J connectivity index is 3.22. The van der Waals surface area contributed by atoms with Gasteiger partial charge in [0.15, 0.2) is 0 Å². The van der Waals surface area contributed by atoms with E-state index in [1.807, 2.05) is 6.92 Å². The van der Waals surface area contributed by atoms with E-state index in [-0.39, 0.29) is 24.0 Å². The van der Waals surface area contributed by atoms with Gasteiger partial charge in [-0.1, -0.05) is 6.92 Å². The lowest BCUT2D eigenvalue weighted by Crippen LogP contribution is -2.17. The molecule has 1 aromatic rings.